The minimum Gasteiger partial charge on any atom is -0.399 e. The van der Waals surface area contributed by atoms with Gasteiger partial charge >= 0.3 is 0 Å². The Hall–Kier alpha value is -0.580. The van der Waals surface area contributed by atoms with Gasteiger partial charge in [-0.2, -0.15) is 0 Å². The highest BCUT2D eigenvalue weighted by molar-refractivity contribution is 9.10. The summed E-state index contributed by atoms with van der Waals surface area (Å²) in [5.41, 5.74) is 7.73. The van der Waals surface area contributed by atoms with Crippen LogP contribution in [0.15, 0.2) is 22.7 Å². The Morgan fingerprint density at radius 3 is 2.94 bits per heavy atom. The molecule has 0 bridgehead atoms. The van der Waals surface area contributed by atoms with Crippen LogP contribution in [0.5, 0.6) is 0 Å². The molecule has 0 aromatic heterocycles. The normalized spacial score (nSPS) is 25.4. The number of halogens is 1. The van der Waals surface area contributed by atoms with Crippen LogP contribution in [0, 0.1) is 5.92 Å². The van der Waals surface area contributed by atoms with Gasteiger partial charge in [0.1, 0.15) is 0 Å². The standard InChI is InChI=1S/C13H19BrN2O/c1-9-4-5-16(13(9)8-17)7-10-2-3-11(15)6-12(10)14/h2-3,6,9,13,17H,4-5,7-8,15H2,1H3. The van der Waals surface area contributed by atoms with Crippen LogP contribution in [0.25, 0.3) is 0 Å². The largest absolute Gasteiger partial charge is 0.399 e. The second-order valence-electron chi connectivity index (χ2n) is 4.84. The van der Waals surface area contributed by atoms with Crippen LogP contribution in [0.3, 0.4) is 0 Å². The lowest BCUT2D eigenvalue weighted by atomic mass is 10.0. The van der Waals surface area contributed by atoms with Crippen LogP contribution in [-0.4, -0.2) is 29.2 Å². The van der Waals surface area contributed by atoms with E-state index >= 15 is 0 Å². The van der Waals surface area contributed by atoms with Gasteiger partial charge in [-0.05, 0) is 36.6 Å². The Labute approximate surface area is 111 Å². The molecule has 1 aliphatic heterocycles. The number of aliphatic hydroxyl groups is 1. The maximum atomic E-state index is 9.42. The predicted molar refractivity (Wildman–Crippen MR) is 73.6 cm³/mol. The van der Waals surface area contributed by atoms with Crippen molar-refractivity contribution in [3.8, 4) is 0 Å². The van der Waals surface area contributed by atoms with Gasteiger partial charge in [0, 0.05) is 22.7 Å². The van der Waals surface area contributed by atoms with E-state index < -0.39 is 0 Å². The summed E-state index contributed by atoms with van der Waals surface area (Å²) in [6, 6.07) is 6.20. The molecule has 1 aromatic rings. The van der Waals surface area contributed by atoms with E-state index in [1.165, 1.54) is 5.56 Å². The van der Waals surface area contributed by atoms with Crippen molar-refractivity contribution >= 4 is 21.6 Å². The molecule has 1 fully saturated rings. The molecule has 3 nitrogen and oxygen atoms in total. The molecule has 1 aliphatic rings. The first-order chi connectivity index (χ1) is 8.11. The fourth-order valence-corrected chi connectivity index (χ4v) is 3.01. The maximum absolute atomic E-state index is 9.42. The molecule has 1 saturated heterocycles. The molecular formula is C13H19BrN2O. The summed E-state index contributed by atoms with van der Waals surface area (Å²) in [6.45, 7) is 4.38. The summed E-state index contributed by atoms with van der Waals surface area (Å²) in [5, 5.41) is 9.42. The fraction of sp³-hybridized carbons (Fsp3) is 0.538. The molecule has 94 valence electrons. The van der Waals surface area contributed by atoms with E-state index in [4.69, 9.17) is 5.73 Å². The van der Waals surface area contributed by atoms with E-state index in [1.807, 2.05) is 12.1 Å². The lowest BCUT2D eigenvalue weighted by Gasteiger charge is -2.25. The number of likely N-dealkylation sites (tertiary alicyclic amines) is 1. The highest BCUT2D eigenvalue weighted by atomic mass is 79.9. The second-order valence-corrected chi connectivity index (χ2v) is 5.69. The van der Waals surface area contributed by atoms with Crippen molar-refractivity contribution in [2.24, 2.45) is 5.92 Å². The Morgan fingerprint density at radius 2 is 2.29 bits per heavy atom. The van der Waals surface area contributed by atoms with Gasteiger partial charge in [-0.25, -0.2) is 0 Å². The molecule has 17 heavy (non-hydrogen) atoms. The zero-order valence-electron chi connectivity index (χ0n) is 10.1. The Morgan fingerprint density at radius 1 is 1.53 bits per heavy atom. The number of hydrogen-bond donors (Lipinski definition) is 2. The quantitative estimate of drug-likeness (QED) is 0.842. The van der Waals surface area contributed by atoms with Crippen molar-refractivity contribution in [3.63, 3.8) is 0 Å². The van der Waals surface area contributed by atoms with E-state index in [2.05, 4.69) is 33.8 Å². The molecule has 0 saturated carbocycles. The Kier molecular flexibility index (Phi) is 4.07. The SMILES string of the molecule is CC1CCN(Cc2ccc(N)cc2Br)C1CO. The van der Waals surface area contributed by atoms with Gasteiger partial charge in [0.15, 0.2) is 0 Å². The van der Waals surface area contributed by atoms with Crippen molar-refractivity contribution in [1.82, 2.24) is 4.90 Å². The van der Waals surface area contributed by atoms with E-state index in [0.717, 1.165) is 29.7 Å². The third-order valence-corrected chi connectivity index (χ3v) is 4.37. The number of nitrogens with two attached hydrogens (primary N) is 1. The molecule has 4 heteroatoms. The lowest BCUT2D eigenvalue weighted by Crippen LogP contribution is -2.34. The summed E-state index contributed by atoms with van der Waals surface area (Å²) in [4.78, 5) is 2.35. The average Bonchev–Trinajstić information content (AvgIpc) is 2.63. The van der Waals surface area contributed by atoms with Crippen LogP contribution in [0.2, 0.25) is 0 Å². The smallest absolute Gasteiger partial charge is 0.0589 e. The van der Waals surface area contributed by atoms with Crippen LogP contribution < -0.4 is 5.73 Å². The molecule has 1 aromatic carbocycles. The van der Waals surface area contributed by atoms with Gasteiger partial charge in [0.2, 0.25) is 0 Å². The van der Waals surface area contributed by atoms with Crippen LogP contribution in [-0.2, 0) is 6.54 Å². The topological polar surface area (TPSA) is 49.5 Å². The molecule has 2 rings (SSSR count). The van der Waals surface area contributed by atoms with Gasteiger partial charge in [0.25, 0.3) is 0 Å². The first kappa shape index (κ1) is 12.9. The van der Waals surface area contributed by atoms with E-state index in [9.17, 15) is 5.11 Å². The van der Waals surface area contributed by atoms with Gasteiger partial charge in [-0.3, -0.25) is 4.90 Å². The molecule has 2 unspecified atom stereocenters. The number of nitrogens with zero attached hydrogens (tertiary/aromatic N) is 1. The van der Waals surface area contributed by atoms with Crippen molar-refractivity contribution in [3.05, 3.63) is 28.2 Å². The third-order valence-electron chi connectivity index (χ3n) is 3.64. The molecule has 0 amide bonds. The second kappa shape index (κ2) is 5.38. The Balaban J connectivity index is 2.10. The molecular weight excluding hydrogens is 280 g/mol. The van der Waals surface area contributed by atoms with Gasteiger partial charge in [0.05, 0.1) is 6.61 Å². The van der Waals surface area contributed by atoms with Crippen LogP contribution in [0.4, 0.5) is 5.69 Å². The van der Waals surface area contributed by atoms with E-state index in [0.29, 0.717) is 12.0 Å². The lowest BCUT2D eigenvalue weighted by molar-refractivity contribution is 0.134. The number of nitrogen functional groups attached to an aromatic ring is 1. The fourth-order valence-electron chi connectivity index (χ4n) is 2.49. The van der Waals surface area contributed by atoms with Crippen molar-refractivity contribution < 1.29 is 5.11 Å². The molecule has 2 atom stereocenters. The minimum absolute atomic E-state index is 0.244. The molecule has 1 heterocycles. The maximum Gasteiger partial charge on any atom is 0.0589 e. The molecule has 0 radical (unpaired) electrons. The van der Waals surface area contributed by atoms with E-state index in [1.54, 1.807) is 0 Å². The predicted octanol–water partition coefficient (Wildman–Crippen LogP) is 2.23. The number of rotatable bonds is 3. The zero-order chi connectivity index (χ0) is 12.4. The van der Waals surface area contributed by atoms with Crippen molar-refractivity contribution in [2.75, 3.05) is 18.9 Å². The Bertz CT molecular complexity index is 397. The summed E-state index contributed by atoms with van der Waals surface area (Å²) >= 11 is 3.54. The number of hydrogen-bond acceptors (Lipinski definition) is 3. The highest BCUT2D eigenvalue weighted by Gasteiger charge is 2.30. The first-order valence-corrected chi connectivity index (χ1v) is 6.80. The molecule has 0 aliphatic carbocycles. The van der Waals surface area contributed by atoms with Gasteiger partial charge < -0.3 is 10.8 Å². The number of aliphatic hydroxyl groups excluding tert-OH is 1. The summed E-state index contributed by atoms with van der Waals surface area (Å²) in [5.74, 6) is 0.576. The summed E-state index contributed by atoms with van der Waals surface area (Å²) < 4.78 is 1.05. The number of benzene rings is 1. The summed E-state index contributed by atoms with van der Waals surface area (Å²) in [6.07, 6.45) is 1.16. The van der Waals surface area contributed by atoms with E-state index in [-0.39, 0.29) is 6.61 Å². The number of anilines is 1. The van der Waals surface area contributed by atoms with Crippen LogP contribution >= 0.6 is 15.9 Å². The van der Waals surface area contributed by atoms with Gasteiger partial charge in [-0.1, -0.05) is 28.9 Å². The molecule has 3 N–H and O–H groups in total. The van der Waals surface area contributed by atoms with Crippen molar-refractivity contribution in [1.29, 1.82) is 0 Å². The zero-order valence-corrected chi connectivity index (χ0v) is 11.7. The third kappa shape index (κ3) is 2.81. The highest BCUT2D eigenvalue weighted by Crippen LogP contribution is 2.28. The van der Waals surface area contributed by atoms with Crippen molar-refractivity contribution in [2.45, 2.75) is 25.9 Å². The monoisotopic (exact) mass is 298 g/mol. The average molecular weight is 299 g/mol. The first-order valence-electron chi connectivity index (χ1n) is 6.00. The summed E-state index contributed by atoms with van der Waals surface area (Å²) in [7, 11) is 0. The molecule has 0 spiro atoms. The van der Waals surface area contributed by atoms with Crippen LogP contribution in [0.1, 0.15) is 18.9 Å². The minimum atomic E-state index is 0.244. The van der Waals surface area contributed by atoms with Gasteiger partial charge in [-0.15, -0.1) is 0 Å².